The maximum Gasteiger partial charge on any atom is 0.272 e. The summed E-state index contributed by atoms with van der Waals surface area (Å²) >= 11 is 5.93. The molecule has 5 heteroatoms. The second kappa shape index (κ2) is 4.30. The van der Waals surface area contributed by atoms with Crippen LogP contribution >= 0.6 is 11.6 Å². The second-order valence-corrected chi connectivity index (χ2v) is 4.49. The minimum absolute atomic E-state index is 0.102. The zero-order chi connectivity index (χ0) is 12.6. The smallest absolute Gasteiger partial charge is 0.272 e. The van der Waals surface area contributed by atoms with Gasteiger partial charge in [-0.25, -0.2) is 4.68 Å². The van der Waals surface area contributed by atoms with Gasteiger partial charge in [-0.15, -0.1) is 0 Å². The summed E-state index contributed by atoms with van der Waals surface area (Å²) in [5.74, 6) is 0.406. The van der Waals surface area contributed by atoms with Gasteiger partial charge in [-0.1, -0.05) is 23.7 Å². The Hall–Kier alpha value is -1.68. The number of aromatic amines is 1. The molecule has 1 atom stereocenters. The van der Waals surface area contributed by atoms with Gasteiger partial charge in [-0.3, -0.25) is 9.89 Å². The first-order valence-electron chi connectivity index (χ1n) is 5.32. The summed E-state index contributed by atoms with van der Waals surface area (Å²) in [6.07, 6.45) is 0. The number of hydrogen-bond donors (Lipinski definition) is 2. The Morgan fingerprint density at radius 2 is 2.18 bits per heavy atom. The number of aromatic nitrogens is 2. The number of nitrogens with one attached hydrogen (secondary N) is 1. The molecule has 3 N–H and O–H groups in total. The van der Waals surface area contributed by atoms with Crippen LogP contribution in [-0.2, 0) is 0 Å². The van der Waals surface area contributed by atoms with Crippen molar-refractivity contribution in [3.63, 3.8) is 0 Å². The van der Waals surface area contributed by atoms with Gasteiger partial charge in [0.25, 0.3) is 5.56 Å². The van der Waals surface area contributed by atoms with E-state index in [4.69, 9.17) is 17.3 Å². The van der Waals surface area contributed by atoms with Gasteiger partial charge in [-0.05, 0) is 31.5 Å². The summed E-state index contributed by atoms with van der Waals surface area (Å²) in [4.78, 5) is 11.9. The predicted molar refractivity (Wildman–Crippen MR) is 69.5 cm³/mol. The first-order valence-corrected chi connectivity index (χ1v) is 5.70. The molecule has 0 aliphatic heterocycles. The molecule has 17 heavy (non-hydrogen) atoms. The van der Waals surface area contributed by atoms with Crippen molar-refractivity contribution in [3.8, 4) is 0 Å². The Bertz CT molecular complexity index is 600. The van der Waals surface area contributed by atoms with Crippen molar-refractivity contribution in [1.29, 1.82) is 0 Å². The number of nitrogen functional groups attached to an aromatic ring is 1. The number of halogens is 1. The van der Waals surface area contributed by atoms with E-state index in [-0.39, 0.29) is 11.6 Å². The lowest BCUT2D eigenvalue weighted by atomic mass is 10.1. The lowest BCUT2D eigenvalue weighted by Gasteiger charge is -2.12. The highest BCUT2D eigenvalue weighted by atomic mass is 35.5. The third-order valence-electron chi connectivity index (χ3n) is 2.90. The molecule has 1 heterocycles. The SMILES string of the molecule is Cc1c(N)[nH]n(C(C)c2cccc(Cl)c2)c1=O. The van der Waals surface area contributed by atoms with E-state index >= 15 is 0 Å². The minimum atomic E-state index is -0.128. The van der Waals surface area contributed by atoms with Crippen molar-refractivity contribution in [2.24, 2.45) is 0 Å². The molecular formula is C12H14ClN3O. The molecule has 2 aromatic rings. The molecule has 0 saturated carbocycles. The molecule has 0 aliphatic rings. The van der Waals surface area contributed by atoms with Crippen molar-refractivity contribution >= 4 is 17.4 Å². The highest BCUT2D eigenvalue weighted by Crippen LogP contribution is 2.20. The lowest BCUT2D eigenvalue weighted by molar-refractivity contribution is 0.549. The number of hydrogen-bond acceptors (Lipinski definition) is 2. The average molecular weight is 252 g/mol. The Morgan fingerprint density at radius 3 is 2.71 bits per heavy atom. The molecule has 0 fully saturated rings. The predicted octanol–water partition coefficient (Wildman–Crippen LogP) is 2.33. The maximum absolute atomic E-state index is 11.9. The Labute approximate surface area is 104 Å². The van der Waals surface area contributed by atoms with Crippen LogP contribution in [0.3, 0.4) is 0 Å². The van der Waals surface area contributed by atoms with Gasteiger partial charge in [0.1, 0.15) is 5.82 Å². The van der Waals surface area contributed by atoms with Gasteiger partial charge in [0.05, 0.1) is 11.6 Å². The van der Waals surface area contributed by atoms with E-state index in [0.29, 0.717) is 16.4 Å². The molecule has 0 radical (unpaired) electrons. The Kier molecular flexibility index (Phi) is 2.98. The van der Waals surface area contributed by atoms with Crippen LogP contribution in [0.2, 0.25) is 5.02 Å². The molecule has 1 aromatic heterocycles. The van der Waals surface area contributed by atoms with E-state index in [0.717, 1.165) is 5.56 Å². The van der Waals surface area contributed by atoms with Crippen LogP contribution in [0.25, 0.3) is 0 Å². The molecule has 2 rings (SSSR count). The zero-order valence-corrected chi connectivity index (χ0v) is 10.5. The van der Waals surface area contributed by atoms with Gasteiger partial charge in [0.15, 0.2) is 0 Å². The summed E-state index contributed by atoms with van der Waals surface area (Å²) in [5, 5.41) is 3.52. The van der Waals surface area contributed by atoms with E-state index in [9.17, 15) is 4.79 Å². The summed E-state index contributed by atoms with van der Waals surface area (Å²) < 4.78 is 1.51. The molecule has 0 bridgehead atoms. The third kappa shape index (κ3) is 2.08. The van der Waals surface area contributed by atoms with Crippen molar-refractivity contribution in [1.82, 2.24) is 9.78 Å². The van der Waals surface area contributed by atoms with Crippen LogP contribution < -0.4 is 11.3 Å². The van der Waals surface area contributed by atoms with Crippen LogP contribution in [0.4, 0.5) is 5.82 Å². The van der Waals surface area contributed by atoms with Gasteiger partial charge < -0.3 is 5.73 Å². The van der Waals surface area contributed by atoms with Crippen LogP contribution in [0, 0.1) is 6.92 Å². The third-order valence-corrected chi connectivity index (χ3v) is 3.14. The average Bonchev–Trinajstić information content (AvgIpc) is 2.56. The van der Waals surface area contributed by atoms with Gasteiger partial charge in [0.2, 0.25) is 0 Å². The van der Waals surface area contributed by atoms with Crippen molar-refractivity contribution in [2.45, 2.75) is 19.9 Å². The van der Waals surface area contributed by atoms with E-state index in [1.807, 2.05) is 25.1 Å². The quantitative estimate of drug-likeness (QED) is 0.860. The normalized spacial score (nSPS) is 12.6. The molecule has 1 unspecified atom stereocenters. The Balaban J connectivity index is 2.47. The summed E-state index contributed by atoms with van der Waals surface area (Å²) in [5.41, 5.74) is 7.08. The molecule has 0 aliphatic carbocycles. The van der Waals surface area contributed by atoms with Crippen LogP contribution in [0.1, 0.15) is 24.1 Å². The number of rotatable bonds is 2. The molecule has 90 valence electrons. The molecule has 0 spiro atoms. The monoisotopic (exact) mass is 251 g/mol. The van der Waals surface area contributed by atoms with E-state index in [2.05, 4.69) is 5.10 Å². The fourth-order valence-corrected chi connectivity index (χ4v) is 1.95. The van der Waals surface area contributed by atoms with Crippen LogP contribution in [0.15, 0.2) is 29.1 Å². The fraction of sp³-hybridized carbons (Fsp3) is 0.250. The van der Waals surface area contributed by atoms with E-state index in [1.165, 1.54) is 4.68 Å². The number of nitrogens with zero attached hydrogens (tertiary/aromatic N) is 1. The van der Waals surface area contributed by atoms with Gasteiger partial charge in [0, 0.05) is 5.02 Å². The van der Waals surface area contributed by atoms with Crippen molar-refractivity contribution in [2.75, 3.05) is 5.73 Å². The standard InChI is InChI=1S/C12H14ClN3O/c1-7-11(14)15-16(12(7)17)8(2)9-4-3-5-10(13)6-9/h3-6,8,15H,14H2,1-2H3. The van der Waals surface area contributed by atoms with Crippen LogP contribution in [0.5, 0.6) is 0 Å². The molecule has 0 saturated heterocycles. The lowest BCUT2D eigenvalue weighted by Crippen LogP contribution is -2.22. The summed E-state index contributed by atoms with van der Waals surface area (Å²) in [6.45, 7) is 3.62. The molecular weight excluding hydrogens is 238 g/mol. The highest BCUT2D eigenvalue weighted by molar-refractivity contribution is 6.30. The summed E-state index contributed by atoms with van der Waals surface area (Å²) in [7, 11) is 0. The topological polar surface area (TPSA) is 63.8 Å². The largest absolute Gasteiger partial charge is 0.384 e. The van der Waals surface area contributed by atoms with E-state index < -0.39 is 0 Å². The Morgan fingerprint density at radius 1 is 1.47 bits per heavy atom. The second-order valence-electron chi connectivity index (χ2n) is 4.06. The van der Waals surface area contributed by atoms with Gasteiger partial charge in [-0.2, -0.15) is 0 Å². The highest BCUT2D eigenvalue weighted by Gasteiger charge is 2.14. The maximum atomic E-state index is 11.9. The van der Waals surface area contributed by atoms with Crippen LogP contribution in [-0.4, -0.2) is 9.78 Å². The molecule has 4 nitrogen and oxygen atoms in total. The van der Waals surface area contributed by atoms with Gasteiger partial charge >= 0.3 is 0 Å². The number of nitrogens with two attached hydrogens (primary N) is 1. The van der Waals surface area contributed by atoms with E-state index in [1.54, 1.807) is 13.0 Å². The number of benzene rings is 1. The first-order chi connectivity index (χ1) is 8.00. The zero-order valence-electron chi connectivity index (χ0n) is 9.70. The first kappa shape index (κ1) is 11.8. The minimum Gasteiger partial charge on any atom is -0.384 e. The fourth-order valence-electron chi connectivity index (χ4n) is 1.75. The summed E-state index contributed by atoms with van der Waals surface area (Å²) in [6, 6.07) is 7.30. The number of H-pyrrole nitrogens is 1. The van der Waals surface area contributed by atoms with Crippen molar-refractivity contribution in [3.05, 3.63) is 50.8 Å². The molecule has 1 aromatic carbocycles. The van der Waals surface area contributed by atoms with Crippen molar-refractivity contribution < 1.29 is 0 Å². The number of anilines is 1. The molecule has 0 amide bonds.